The Kier molecular flexibility index (Phi) is 6.48. The normalized spacial score (nSPS) is 13.9. The van der Waals surface area contributed by atoms with E-state index in [1.54, 1.807) is 0 Å². The fraction of sp³-hybridized carbons (Fsp3) is 0.909. The van der Waals surface area contributed by atoms with E-state index in [-0.39, 0.29) is 12.7 Å². The molecule has 0 saturated heterocycles. The average molecular weight is 220 g/mol. The van der Waals surface area contributed by atoms with Gasteiger partial charge in [0, 0.05) is 6.42 Å². The van der Waals surface area contributed by atoms with Crippen LogP contribution in [0.2, 0.25) is 0 Å². The highest BCUT2D eigenvalue weighted by Crippen LogP contribution is 2.13. The lowest BCUT2D eigenvalue weighted by Gasteiger charge is -2.31. The molecule has 3 nitrogen and oxygen atoms in total. The molecule has 0 saturated carbocycles. The first-order valence-corrected chi connectivity index (χ1v) is 5.49. The molecule has 0 aliphatic carbocycles. The molecule has 0 aliphatic rings. The number of halogens is 1. The highest BCUT2D eigenvalue weighted by Gasteiger charge is 2.30. The smallest absolute Gasteiger partial charge is 0.362 e. The predicted molar refractivity (Wildman–Crippen MR) is 58.5 cm³/mol. The number of aliphatic carboxylic acids is 1. The molecule has 15 heavy (non-hydrogen) atoms. The van der Waals surface area contributed by atoms with Gasteiger partial charge < -0.3 is 9.59 Å². The number of alkyl halides is 1. The van der Waals surface area contributed by atoms with Gasteiger partial charge in [-0.3, -0.25) is 4.39 Å². The lowest BCUT2D eigenvalue weighted by molar-refractivity contribution is -0.887. The molecule has 0 heterocycles. The molecule has 0 bridgehead atoms. The molecule has 0 spiro atoms. The number of carboxylic acid groups (broad SMARTS) is 1. The molecule has 4 heteroatoms. The van der Waals surface area contributed by atoms with Crippen LogP contribution in [0.4, 0.5) is 4.39 Å². The second-order valence-electron chi connectivity index (χ2n) is 4.86. The van der Waals surface area contributed by atoms with Crippen LogP contribution in [0.3, 0.4) is 0 Å². The number of hydrogen-bond acceptors (Lipinski definition) is 1. The molecule has 0 aromatic heterocycles. The van der Waals surface area contributed by atoms with Crippen molar-refractivity contribution < 1.29 is 18.8 Å². The van der Waals surface area contributed by atoms with Crippen molar-refractivity contribution in [3.05, 3.63) is 0 Å². The maximum absolute atomic E-state index is 11.8. The number of unbranched alkanes of at least 4 members (excludes halogenated alkanes) is 3. The van der Waals surface area contributed by atoms with Crippen LogP contribution in [0, 0.1) is 0 Å². The van der Waals surface area contributed by atoms with Gasteiger partial charge in [-0.2, -0.15) is 0 Å². The van der Waals surface area contributed by atoms with Gasteiger partial charge in [0.2, 0.25) is 0 Å². The Balaban J connectivity index is 3.84. The van der Waals surface area contributed by atoms with Gasteiger partial charge in [-0.25, -0.2) is 4.79 Å². The van der Waals surface area contributed by atoms with E-state index in [4.69, 9.17) is 5.11 Å². The Morgan fingerprint density at radius 3 is 2.13 bits per heavy atom. The van der Waals surface area contributed by atoms with Crippen molar-refractivity contribution in [1.29, 1.82) is 0 Å². The lowest BCUT2D eigenvalue weighted by atomic mass is 10.1. The third kappa shape index (κ3) is 6.44. The summed E-state index contributed by atoms with van der Waals surface area (Å²) in [5.41, 5.74) is 0. The van der Waals surface area contributed by atoms with Crippen molar-refractivity contribution in [2.45, 2.75) is 38.1 Å². The van der Waals surface area contributed by atoms with E-state index in [2.05, 4.69) is 0 Å². The topological polar surface area (TPSA) is 37.3 Å². The zero-order chi connectivity index (χ0) is 11.9. The average Bonchev–Trinajstić information content (AvgIpc) is 2.08. The molecule has 0 aliphatic heterocycles. The van der Waals surface area contributed by atoms with Crippen molar-refractivity contribution >= 4 is 5.97 Å². The van der Waals surface area contributed by atoms with Crippen molar-refractivity contribution in [2.75, 3.05) is 27.8 Å². The summed E-state index contributed by atoms with van der Waals surface area (Å²) in [7, 11) is 5.67. The van der Waals surface area contributed by atoms with Crippen LogP contribution in [-0.4, -0.2) is 49.4 Å². The number of quaternary nitrogens is 1. The zero-order valence-corrected chi connectivity index (χ0v) is 10.0. The van der Waals surface area contributed by atoms with Crippen LogP contribution in [0.25, 0.3) is 0 Å². The monoisotopic (exact) mass is 220 g/mol. The third-order valence-electron chi connectivity index (χ3n) is 2.58. The Morgan fingerprint density at radius 2 is 1.73 bits per heavy atom. The summed E-state index contributed by atoms with van der Waals surface area (Å²) in [6, 6.07) is -0.352. The summed E-state index contributed by atoms with van der Waals surface area (Å²) in [5.74, 6) is -0.743. The molecule has 0 fully saturated rings. The Morgan fingerprint density at radius 1 is 1.20 bits per heavy atom. The Labute approximate surface area is 91.5 Å². The van der Waals surface area contributed by atoms with E-state index < -0.39 is 5.97 Å². The summed E-state index contributed by atoms with van der Waals surface area (Å²) < 4.78 is 12.2. The van der Waals surface area contributed by atoms with Crippen LogP contribution in [0.1, 0.15) is 32.1 Å². The van der Waals surface area contributed by atoms with Crippen molar-refractivity contribution in [2.24, 2.45) is 0 Å². The van der Waals surface area contributed by atoms with Crippen LogP contribution >= 0.6 is 0 Å². The molecule has 1 atom stereocenters. The quantitative estimate of drug-likeness (QED) is 0.502. The highest BCUT2D eigenvalue weighted by molar-refractivity contribution is 5.72. The van der Waals surface area contributed by atoms with Crippen molar-refractivity contribution in [1.82, 2.24) is 0 Å². The number of likely N-dealkylation sites (N-methyl/N-ethyl adjacent to an activating group) is 1. The summed E-state index contributed by atoms with van der Waals surface area (Å²) in [6.45, 7) is -0.266. The largest absolute Gasteiger partial charge is 0.477 e. The zero-order valence-electron chi connectivity index (χ0n) is 10.0. The van der Waals surface area contributed by atoms with E-state index in [0.29, 0.717) is 17.3 Å². The number of carboxylic acids is 1. The van der Waals surface area contributed by atoms with Gasteiger partial charge in [0.25, 0.3) is 0 Å². The lowest BCUT2D eigenvalue weighted by Crippen LogP contribution is -2.49. The molecule has 90 valence electrons. The minimum atomic E-state index is -0.743. The minimum Gasteiger partial charge on any atom is -0.477 e. The van der Waals surface area contributed by atoms with Gasteiger partial charge in [0.1, 0.15) is 0 Å². The fourth-order valence-electron chi connectivity index (χ4n) is 1.63. The van der Waals surface area contributed by atoms with Gasteiger partial charge in [0.15, 0.2) is 6.04 Å². The van der Waals surface area contributed by atoms with Crippen LogP contribution in [0.15, 0.2) is 0 Å². The molecular formula is C11H23FNO2+. The van der Waals surface area contributed by atoms with Gasteiger partial charge in [0.05, 0.1) is 27.8 Å². The van der Waals surface area contributed by atoms with E-state index in [9.17, 15) is 9.18 Å². The molecule has 0 rings (SSSR count). The number of rotatable bonds is 8. The van der Waals surface area contributed by atoms with Crippen molar-refractivity contribution in [3.63, 3.8) is 0 Å². The van der Waals surface area contributed by atoms with E-state index in [1.807, 2.05) is 21.1 Å². The van der Waals surface area contributed by atoms with Gasteiger partial charge in [-0.15, -0.1) is 0 Å². The van der Waals surface area contributed by atoms with E-state index in [1.165, 1.54) is 0 Å². The maximum Gasteiger partial charge on any atom is 0.362 e. The first-order valence-electron chi connectivity index (χ1n) is 5.49. The fourth-order valence-corrected chi connectivity index (χ4v) is 1.63. The van der Waals surface area contributed by atoms with Crippen molar-refractivity contribution in [3.8, 4) is 0 Å². The summed E-state index contributed by atoms with van der Waals surface area (Å²) in [4.78, 5) is 11.0. The van der Waals surface area contributed by atoms with Gasteiger partial charge >= 0.3 is 5.97 Å². The van der Waals surface area contributed by atoms with Crippen LogP contribution in [-0.2, 0) is 4.79 Å². The molecule has 0 radical (unpaired) electrons. The molecule has 0 aromatic rings. The predicted octanol–water partition coefficient (Wildman–Crippen LogP) is 2.07. The molecule has 0 amide bonds. The van der Waals surface area contributed by atoms with Crippen LogP contribution in [0.5, 0.6) is 0 Å². The Hall–Kier alpha value is -0.640. The second kappa shape index (κ2) is 6.77. The summed E-state index contributed by atoms with van der Waals surface area (Å²) >= 11 is 0. The molecule has 0 aromatic carbocycles. The first-order chi connectivity index (χ1) is 6.89. The Bertz CT molecular complexity index is 190. The van der Waals surface area contributed by atoms with E-state index in [0.717, 1.165) is 19.3 Å². The maximum atomic E-state index is 11.8. The number of carbonyl (C=O) groups is 1. The number of hydrogen-bond donors (Lipinski definition) is 1. The summed E-state index contributed by atoms with van der Waals surface area (Å²) in [6.07, 6.45) is 3.92. The van der Waals surface area contributed by atoms with Gasteiger partial charge in [-0.1, -0.05) is 12.8 Å². The SMILES string of the molecule is C[N+](C)(C)C(CCCCCCF)C(=O)O. The highest BCUT2D eigenvalue weighted by atomic mass is 19.1. The molecule has 1 unspecified atom stereocenters. The van der Waals surface area contributed by atoms with Crippen LogP contribution < -0.4 is 0 Å². The first kappa shape index (κ1) is 14.4. The molecule has 1 N–H and O–H groups in total. The number of nitrogens with zero attached hydrogens (tertiary/aromatic N) is 1. The second-order valence-corrected chi connectivity index (χ2v) is 4.86. The third-order valence-corrected chi connectivity index (χ3v) is 2.58. The minimum absolute atomic E-state index is 0.266. The standard InChI is InChI=1S/C11H22FNO2/c1-13(2,3)10(11(14)15)8-6-4-5-7-9-12/h10H,4-9H2,1-3H3/p+1. The molecular weight excluding hydrogens is 197 g/mol. The summed E-state index contributed by atoms with van der Waals surface area (Å²) in [5, 5.41) is 9.04. The van der Waals surface area contributed by atoms with E-state index >= 15 is 0 Å². The van der Waals surface area contributed by atoms with Gasteiger partial charge in [-0.05, 0) is 12.8 Å².